The molecule has 1 aliphatic rings. The number of hydrogen-bond acceptors (Lipinski definition) is 5. The molecular formula is C38H66N2O5. The molecule has 258 valence electrons. The lowest BCUT2D eigenvalue weighted by atomic mass is 9.62. The van der Waals surface area contributed by atoms with Crippen LogP contribution in [-0.2, 0) is 22.3 Å². The summed E-state index contributed by atoms with van der Waals surface area (Å²) in [5, 5.41) is 14.4. The summed E-state index contributed by atoms with van der Waals surface area (Å²) in [5.74, 6) is 1.08. The van der Waals surface area contributed by atoms with Crippen molar-refractivity contribution >= 4 is 17.9 Å². The molecule has 0 saturated heterocycles. The molecule has 0 spiro atoms. The maximum absolute atomic E-state index is 14.4. The average Bonchev–Trinajstić information content (AvgIpc) is 2.83. The van der Waals surface area contributed by atoms with Crippen molar-refractivity contribution in [1.82, 2.24) is 5.32 Å². The average molecular weight is 631 g/mol. The number of anilines is 1. The Labute approximate surface area is 275 Å². The fourth-order valence-electron chi connectivity index (χ4n) is 6.89. The van der Waals surface area contributed by atoms with Gasteiger partial charge in [0.2, 0.25) is 0 Å². The molecule has 1 aromatic rings. The van der Waals surface area contributed by atoms with Gasteiger partial charge in [-0.2, -0.15) is 0 Å². The Morgan fingerprint density at radius 3 is 2.00 bits per heavy atom. The second-order valence-corrected chi connectivity index (χ2v) is 18.1. The molecule has 1 aromatic carbocycles. The number of aromatic hydroxyl groups is 1. The number of alkyl carbamates (subject to hydrolysis) is 1. The molecule has 2 N–H and O–H groups in total. The van der Waals surface area contributed by atoms with Crippen LogP contribution in [0.4, 0.5) is 15.3 Å². The first-order chi connectivity index (χ1) is 20.5. The van der Waals surface area contributed by atoms with Crippen LogP contribution in [0.3, 0.4) is 0 Å². The van der Waals surface area contributed by atoms with Crippen molar-refractivity contribution in [2.45, 2.75) is 141 Å². The molecule has 0 aromatic heterocycles. The highest BCUT2D eigenvalue weighted by molar-refractivity contribution is 5.91. The monoisotopic (exact) mass is 630 g/mol. The van der Waals surface area contributed by atoms with E-state index in [0.717, 1.165) is 48.9 Å². The Bertz CT molecular complexity index is 1130. The number of benzene rings is 1. The molecule has 2 rings (SSSR count). The Hall–Kier alpha value is -2.44. The van der Waals surface area contributed by atoms with E-state index in [0.29, 0.717) is 44.4 Å². The van der Waals surface area contributed by atoms with E-state index in [9.17, 15) is 14.7 Å². The van der Waals surface area contributed by atoms with E-state index in [1.807, 2.05) is 11.0 Å². The Morgan fingerprint density at radius 1 is 0.911 bits per heavy atom. The molecule has 2 amide bonds. The number of amides is 2. The van der Waals surface area contributed by atoms with Gasteiger partial charge in [0.25, 0.3) is 0 Å². The van der Waals surface area contributed by atoms with Gasteiger partial charge in [-0.1, -0.05) is 96.1 Å². The van der Waals surface area contributed by atoms with Crippen LogP contribution in [0.5, 0.6) is 5.75 Å². The summed E-state index contributed by atoms with van der Waals surface area (Å²) < 4.78 is 11.5. The second kappa shape index (κ2) is 15.4. The predicted molar refractivity (Wildman–Crippen MR) is 186 cm³/mol. The zero-order valence-corrected chi connectivity index (χ0v) is 31.0. The van der Waals surface area contributed by atoms with Gasteiger partial charge in [0.1, 0.15) is 5.75 Å². The fraction of sp³-hybridized carbons (Fsp3) is 0.789. The van der Waals surface area contributed by atoms with Crippen molar-refractivity contribution in [3.8, 4) is 5.75 Å². The summed E-state index contributed by atoms with van der Waals surface area (Å²) in [6.45, 7) is 29.4. The molecule has 0 radical (unpaired) electrons. The van der Waals surface area contributed by atoms with Gasteiger partial charge in [-0.15, -0.1) is 0 Å². The minimum atomic E-state index is -0.394. The summed E-state index contributed by atoms with van der Waals surface area (Å²) in [7, 11) is 0. The summed E-state index contributed by atoms with van der Waals surface area (Å²) in [5.41, 5.74) is 2.06. The maximum atomic E-state index is 14.4. The molecule has 7 nitrogen and oxygen atoms in total. The van der Waals surface area contributed by atoms with E-state index in [1.54, 1.807) is 6.07 Å². The van der Waals surface area contributed by atoms with Crippen LogP contribution in [0.1, 0.15) is 133 Å². The first-order valence-corrected chi connectivity index (χ1v) is 17.2. The van der Waals surface area contributed by atoms with Crippen LogP contribution in [0, 0.1) is 33.5 Å². The van der Waals surface area contributed by atoms with Gasteiger partial charge in [0.15, 0.2) is 0 Å². The van der Waals surface area contributed by atoms with Gasteiger partial charge in [0.05, 0.1) is 18.9 Å². The number of ether oxygens (including phenoxy) is 2. The van der Waals surface area contributed by atoms with Gasteiger partial charge in [-0.25, -0.2) is 9.59 Å². The molecule has 2 atom stereocenters. The third kappa shape index (κ3) is 13.1. The molecule has 2 unspecified atom stereocenters. The first-order valence-electron chi connectivity index (χ1n) is 17.2. The molecule has 0 aliphatic heterocycles. The Morgan fingerprint density at radius 2 is 1.47 bits per heavy atom. The van der Waals surface area contributed by atoms with E-state index in [2.05, 4.69) is 95.3 Å². The van der Waals surface area contributed by atoms with Gasteiger partial charge >= 0.3 is 12.2 Å². The zero-order chi connectivity index (χ0) is 34.4. The third-order valence-corrected chi connectivity index (χ3v) is 8.50. The van der Waals surface area contributed by atoms with Crippen LogP contribution in [0.15, 0.2) is 12.1 Å². The summed E-state index contributed by atoms with van der Waals surface area (Å²) >= 11 is 0. The lowest BCUT2D eigenvalue weighted by Gasteiger charge is -2.50. The Balaban J connectivity index is 2.63. The number of nitrogens with zero attached hydrogens (tertiary/aromatic N) is 1. The zero-order valence-electron chi connectivity index (χ0n) is 31.0. The van der Waals surface area contributed by atoms with Crippen LogP contribution < -0.4 is 10.2 Å². The minimum Gasteiger partial charge on any atom is -0.508 e. The SMILES string of the molecule is CC(C)CCOC(=O)NCC1(C)CC(N(C(=O)OCCC(C)C)c2c(CC(C)(C)C)ccc(O)c2CC(C)(C)C)CC(C)(C)C1. The molecule has 0 heterocycles. The van der Waals surface area contributed by atoms with E-state index in [4.69, 9.17) is 9.47 Å². The highest BCUT2D eigenvalue weighted by Crippen LogP contribution is 2.50. The van der Waals surface area contributed by atoms with Crippen molar-refractivity contribution in [1.29, 1.82) is 0 Å². The van der Waals surface area contributed by atoms with Crippen molar-refractivity contribution in [2.24, 2.45) is 33.5 Å². The second-order valence-electron chi connectivity index (χ2n) is 18.1. The third-order valence-electron chi connectivity index (χ3n) is 8.50. The van der Waals surface area contributed by atoms with Crippen molar-refractivity contribution in [2.75, 3.05) is 24.7 Å². The van der Waals surface area contributed by atoms with E-state index in [1.165, 1.54) is 0 Å². The van der Waals surface area contributed by atoms with Crippen LogP contribution in [0.2, 0.25) is 0 Å². The molecule has 1 fully saturated rings. The molecule has 45 heavy (non-hydrogen) atoms. The number of carbonyl (C=O) groups excluding carboxylic acids is 2. The van der Waals surface area contributed by atoms with E-state index >= 15 is 0 Å². The topological polar surface area (TPSA) is 88.1 Å². The highest BCUT2D eigenvalue weighted by Gasteiger charge is 2.46. The smallest absolute Gasteiger partial charge is 0.414 e. The van der Waals surface area contributed by atoms with Gasteiger partial charge in [-0.3, -0.25) is 4.90 Å². The standard InChI is InChI=1S/C38H66N2O5/c1-26(2)16-18-44-33(42)39-25-38(13)22-29(21-37(11,12)24-38)40(34(43)45-19-17-27(3)4)32-28(20-35(5,6)7)14-15-31(41)30(32)23-36(8,9)10/h14-15,26-27,29,41H,16-25H2,1-13H3,(H,39,42). The van der Waals surface area contributed by atoms with Crippen molar-refractivity contribution in [3.05, 3.63) is 23.3 Å². The number of phenolic OH excluding ortho intramolecular Hbond substituents is 1. The fourth-order valence-corrected chi connectivity index (χ4v) is 6.89. The quantitative estimate of drug-likeness (QED) is 0.240. The molecule has 1 aliphatic carbocycles. The van der Waals surface area contributed by atoms with Gasteiger partial charge < -0.3 is 19.9 Å². The molecule has 1 saturated carbocycles. The lowest BCUT2D eigenvalue weighted by molar-refractivity contribution is 0.0708. The summed E-state index contributed by atoms with van der Waals surface area (Å²) in [6, 6.07) is 3.58. The number of hydrogen-bond donors (Lipinski definition) is 2. The largest absolute Gasteiger partial charge is 0.508 e. The molecule has 7 heteroatoms. The first kappa shape index (κ1) is 38.7. The van der Waals surface area contributed by atoms with E-state index in [-0.39, 0.29) is 39.5 Å². The lowest BCUT2D eigenvalue weighted by Crippen LogP contribution is -2.53. The molecule has 0 bridgehead atoms. The van der Waals surface area contributed by atoms with Crippen LogP contribution in [0.25, 0.3) is 0 Å². The number of nitrogens with one attached hydrogen (secondary N) is 1. The maximum Gasteiger partial charge on any atom is 0.414 e. The van der Waals surface area contributed by atoms with Crippen molar-refractivity contribution < 1.29 is 24.2 Å². The van der Waals surface area contributed by atoms with Gasteiger partial charge in [0, 0.05) is 18.2 Å². The van der Waals surface area contributed by atoms with Gasteiger partial charge in [-0.05, 0) is 90.1 Å². The normalized spacial score (nSPS) is 20.3. The van der Waals surface area contributed by atoms with Crippen molar-refractivity contribution in [3.63, 3.8) is 0 Å². The highest BCUT2D eigenvalue weighted by atomic mass is 16.6. The minimum absolute atomic E-state index is 0.0435. The van der Waals surface area contributed by atoms with E-state index < -0.39 is 6.09 Å². The van der Waals surface area contributed by atoms with Crippen LogP contribution >= 0.6 is 0 Å². The number of carbonyl (C=O) groups is 2. The molecular weight excluding hydrogens is 564 g/mol. The number of rotatable bonds is 12. The Kier molecular flexibility index (Phi) is 13.3. The predicted octanol–water partition coefficient (Wildman–Crippen LogP) is 9.92. The summed E-state index contributed by atoms with van der Waals surface area (Å²) in [4.78, 5) is 28.9. The number of phenols is 1. The summed E-state index contributed by atoms with van der Waals surface area (Å²) in [6.07, 6.45) is 4.55. The van der Waals surface area contributed by atoms with Crippen LogP contribution in [-0.4, -0.2) is 43.1 Å².